The lowest BCUT2D eigenvalue weighted by Gasteiger charge is -2.20. The van der Waals surface area contributed by atoms with Crippen LogP contribution in [-0.4, -0.2) is 22.6 Å². The van der Waals surface area contributed by atoms with Gasteiger partial charge in [0, 0.05) is 25.0 Å². The van der Waals surface area contributed by atoms with Crippen LogP contribution in [0, 0.1) is 0 Å². The zero-order valence-electron chi connectivity index (χ0n) is 11.7. The predicted molar refractivity (Wildman–Crippen MR) is 80.7 cm³/mol. The maximum absolute atomic E-state index is 12.6. The lowest BCUT2D eigenvalue weighted by atomic mass is 10.2. The first kappa shape index (κ1) is 14.5. The maximum Gasteiger partial charge on any atom is 0.274 e. The third-order valence-electron chi connectivity index (χ3n) is 3.13. The van der Waals surface area contributed by atoms with E-state index in [1.54, 1.807) is 43.6 Å². The van der Waals surface area contributed by atoms with Gasteiger partial charge in [0.25, 0.3) is 5.91 Å². The number of hydrogen-bond donors (Lipinski definition) is 1. The molecule has 1 aromatic carbocycles. The van der Waals surface area contributed by atoms with Gasteiger partial charge in [0.05, 0.1) is 5.02 Å². The first-order valence-corrected chi connectivity index (χ1v) is 6.72. The molecule has 20 heavy (non-hydrogen) atoms. The van der Waals surface area contributed by atoms with Gasteiger partial charge in [-0.2, -0.15) is 0 Å². The van der Waals surface area contributed by atoms with Crippen molar-refractivity contribution in [3.05, 3.63) is 47.2 Å². The second-order valence-corrected chi connectivity index (χ2v) is 5.36. The highest BCUT2D eigenvalue weighted by Crippen LogP contribution is 2.23. The molecule has 0 saturated carbocycles. The average molecular weight is 293 g/mol. The number of nitrogens with zero attached hydrogens (tertiary/aromatic N) is 2. The molecule has 1 N–H and O–H groups in total. The average Bonchev–Trinajstić information content (AvgIpc) is 2.80. The SMILES string of the molecule is CC(C)n1cc(Cl)cc1C(=O)N(C)c1ccc(O)cc1. The predicted octanol–water partition coefficient (Wildman–Crippen LogP) is 3.70. The van der Waals surface area contributed by atoms with Crippen LogP contribution in [0.1, 0.15) is 30.4 Å². The number of benzene rings is 1. The summed E-state index contributed by atoms with van der Waals surface area (Å²) in [6.07, 6.45) is 1.75. The van der Waals surface area contributed by atoms with Crippen LogP contribution >= 0.6 is 11.6 Å². The lowest BCUT2D eigenvalue weighted by Crippen LogP contribution is -2.28. The molecule has 0 aliphatic heterocycles. The van der Waals surface area contributed by atoms with E-state index in [1.807, 2.05) is 18.4 Å². The van der Waals surface area contributed by atoms with Crippen molar-refractivity contribution in [1.29, 1.82) is 0 Å². The third-order valence-corrected chi connectivity index (χ3v) is 3.34. The molecule has 0 spiro atoms. The Morgan fingerprint density at radius 2 is 1.90 bits per heavy atom. The van der Waals surface area contributed by atoms with Gasteiger partial charge in [-0.25, -0.2) is 0 Å². The standard InChI is InChI=1S/C15H17ClN2O2/c1-10(2)18-9-11(16)8-14(18)15(20)17(3)12-4-6-13(19)7-5-12/h4-10,19H,1-3H3. The zero-order valence-corrected chi connectivity index (χ0v) is 12.4. The molecule has 0 unspecified atom stereocenters. The number of phenols is 1. The molecule has 0 fully saturated rings. The molecule has 1 heterocycles. The summed E-state index contributed by atoms with van der Waals surface area (Å²) < 4.78 is 1.85. The molecule has 0 aliphatic carbocycles. The van der Waals surface area contributed by atoms with Crippen molar-refractivity contribution in [3.8, 4) is 5.75 Å². The van der Waals surface area contributed by atoms with E-state index in [9.17, 15) is 9.90 Å². The van der Waals surface area contributed by atoms with Crippen LogP contribution in [0.3, 0.4) is 0 Å². The first-order valence-electron chi connectivity index (χ1n) is 6.34. The summed E-state index contributed by atoms with van der Waals surface area (Å²) in [5.41, 5.74) is 1.25. The van der Waals surface area contributed by atoms with Crippen molar-refractivity contribution in [2.45, 2.75) is 19.9 Å². The van der Waals surface area contributed by atoms with Gasteiger partial charge in [0.15, 0.2) is 0 Å². The third kappa shape index (κ3) is 2.80. The molecule has 4 nitrogen and oxygen atoms in total. The molecule has 5 heteroatoms. The maximum atomic E-state index is 12.6. The molecule has 0 bridgehead atoms. The number of amides is 1. The fourth-order valence-corrected chi connectivity index (χ4v) is 2.22. The van der Waals surface area contributed by atoms with Crippen LogP contribution < -0.4 is 4.90 Å². The number of carbonyl (C=O) groups excluding carboxylic acids is 1. The van der Waals surface area contributed by atoms with Crippen molar-refractivity contribution in [2.24, 2.45) is 0 Å². The van der Waals surface area contributed by atoms with Gasteiger partial charge in [-0.05, 0) is 44.2 Å². The molecule has 0 atom stereocenters. The molecule has 106 valence electrons. The fraction of sp³-hybridized carbons (Fsp3) is 0.267. The summed E-state index contributed by atoms with van der Waals surface area (Å²) in [7, 11) is 1.69. The second kappa shape index (κ2) is 5.59. The molecule has 1 amide bonds. The highest BCUT2D eigenvalue weighted by molar-refractivity contribution is 6.31. The number of rotatable bonds is 3. The largest absolute Gasteiger partial charge is 0.508 e. The Balaban J connectivity index is 2.33. The molecule has 0 aliphatic rings. The molecule has 2 rings (SSSR count). The summed E-state index contributed by atoms with van der Waals surface area (Å²) in [6.45, 7) is 3.99. The van der Waals surface area contributed by atoms with E-state index in [1.165, 1.54) is 4.90 Å². The summed E-state index contributed by atoms with van der Waals surface area (Å²) in [5, 5.41) is 9.83. The number of phenolic OH excluding ortho intramolecular Hbond substituents is 1. The summed E-state index contributed by atoms with van der Waals surface area (Å²) in [6, 6.07) is 8.30. The Morgan fingerprint density at radius 1 is 1.30 bits per heavy atom. The van der Waals surface area contributed by atoms with E-state index >= 15 is 0 Å². The summed E-state index contributed by atoms with van der Waals surface area (Å²) in [4.78, 5) is 14.1. The molecule has 2 aromatic rings. The number of hydrogen-bond acceptors (Lipinski definition) is 2. The van der Waals surface area contributed by atoms with E-state index in [-0.39, 0.29) is 17.7 Å². The molecular formula is C15H17ClN2O2. The summed E-state index contributed by atoms with van der Waals surface area (Å²) >= 11 is 6.00. The quantitative estimate of drug-likeness (QED) is 0.937. The minimum absolute atomic E-state index is 0.142. The Morgan fingerprint density at radius 3 is 2.45 bits per heavy atom. The Bertz CT molecular complexity index is 617. The van der Waals surface area contributed by atoms with Crippen LogP contribution in [0.25, 0.3) is 0 Å². The monoisotopic (exact) mass is 292 g/mol. The van der Waals surface area contributed by atoms with Gasteiger partial charge in [0.2, 0.25) is 0 Å². The van der Waals surface area contributed by atoms with Crippen molar-refractivity contribution in [3.63, 3.8) is 0 Å². The Labute approximate surface area is 123 Å². The number of carbonyl (C=O) groups is 1. The number of aromatic hydroxyl groups is 1. The second-order valence-electron chi connectivity index (χ2n) is 4.93. The fourth-order valence-electron chi connectivity index (χ4n) is 2.01. The van der Waals surface area contributed by atoms with E-state index in [4.69, 9.17) is 11.6 Å². The van der Waals surface area contributed by atoms with Crippen LogP contribution in [-0.2, 0) is 0 Å². The highest BCUT2D eigenvalue weighted by Gasteiger charge is 2.19. The zero-order chi connectivity index (χ0) is 14.9. The molecule has 0 radical (unpaired) electrons. The van der Waals surface area contributed by atoms with Gasteiger partial charge in [-0.1, -0.05) is 11.6 Å². The summed E-state index contributed by atoms with van der Waals surface area (Å²) in [5.74, 6) is 0.0273. The van der Waals surface area contributed by atoms with Crippen molar-refractivity contribution < 1.29 is 9.90 Å². The molecule has 1 aromatic heterocycles. The van der Waals surface area contributed by atoms with Gasteiger partial charge < -0.3 is 14.6 Å². The van der Waals surface area contributed by atoms with Gasteiger partial charge in [0.1, 0.15) is 11.4 Å². The van der Waals surface area contributed by atoms with Crippen molar-refractivity contribution >= 4 is 23.2 Å². The van der Waals surface area contributed by atoms with Gasteiger partial charge >= 0.3 is 0 Å². The van der Waals surface area contributed by atoms with E-state index in [0.717, 1.165) is 0 Å². The topological polar surface area (TPSA) is 45.5 Å². The smallest absolute Gasteiger partial charge is 0.274 e. The highest BCUT2D eigenvalue weighted by atomic mass is 35.5. The van der Waals surface area contributed by atoms with Crippen molar-refractivity contribution in [2.75, 3.05) is 11.9 Å². The lowest BCUT2D eigenvalue weighted by molar-refractivity contribution is 0.0982. The van der Waals surface area contributed by atoms with E-state index in [0.29, 0.717) is 16.4 Å². The number of halogens is 1. The minimum atomic E-state index is -0.142. The molecule has 0 saturated heterocycles. The minimum Gasteiger partial charge on any atom is -0.508 e. The number of aromatic nitrogens is 1. The first-order chi connectivity index (χ1) is 9.40. The van der Waals surface area contributed by atoms with Gasteiger partial charge in [-0.15, -0.1) is 0 Å². The van der Waals surface area contributed by atoms with Crippen LogP contribution in [0.15, 0.2) is 36.5 Å². The van der Waals surface area contributed by atoms with Crippen LogP contribution in [0.4, 0.5) is 5.69 Å². The normalized spacial score (nSPS) is 10.8. The van der Waals surface area contributed by atoms with Crippen molar-refractivity contribution in [1.82, 2.24) is 4.57 Å². The van der Waals surface area contributed by atoms with Gasteiger partial charge in [-0.3, -0.25) is 4.79 Å². The van der Waals surface area contributed by atoms with E-state index in [2.05, 4.69) is 0 Å². The number of anilines is 1. The van der Waals surface area contributed by atoms with Crippen LogP contribution in [0.2, 0.25) is 5.02 Å². The van der Waals surface area contributed by atoms with E-state index < -0.39 is 0 Å². The Kier molecular flexibility index (Phi) is 4.04. The molecular weight excluding hydrogens is 276 g/mol. The van der Waals surface area contributed by atoms with Crippen LogP contribution in [0.5, 0.6) is 5.75 Å². The Hall–Kier alpha value is -1.94.